The highest BCUT2D eigenvalue weighted by Crippen LogP contribution is 2.26. The SMILES string of the molecule is CC1CCCC(O)CC(CO)C1. The van der Waals surface area contributed by atoms with Crippen molar-refractivity contribution in [3.8, 4) is 0 Å². The van der Waals surface area contributed by atoms with Gasteiger partial charge in [-0.25, -0.2) is 0 Å². The first-order chi connectivity index (χ1) is 5.72. The second kappa shape index (κ2) is 4.83. The standard InChI is InChI=1S/C10H20O2/c1-8-3-2-4-10(12)6-9(5-8)7-11/h8-12H,2-7H2,1H3. The third kappa shape index (κ3) is 3.11. The van der Waals surface area contributed by atoms with Crippen molar-refractivity contribution < 1.29 is 10.2 Å². The van der Waals surface area contributed by atoms with E-state index in [0.717, 1.165) is 31.6 Å². The van der Waals surface area contributed by atoms with Crippen LogP contribution in [0.2, 0.25) is 0 Å². The summed E-state index contributed by atoms with van der Waals surface area (Å²) in [6.07, 6.45) is 4.96. The van der Waals surface area contributed by atoms with E-state index in [1.54, 1.807) is 0 Å². The first-order valence-corrected chi connectivity index (χ1v) is 5.01. The molecule has 0 saturated heterocycles. The maximum Gasteiger partial charge on any atom is 0.0543 e. The zero-order chi connectivity index (χ0) is 8.97. The lowest BCUT2D eigenvalue weighted by atomic mass is 9.84. The molecular formula is C10H20O2. The Morgan fingerprint density at radius 1 is 1.25 bits per heavy atom. The van der Waals surface area contributed by atoms with Crippen LogP contribution in [-0.2, 0) is 0 Å². The van der Waals surface area contributed by atoms with E-state index < -0.39 is 0 Å². The Kier molecular flexibility index (Phi) is 4.02. The summed E-state index contributed by atoms with van der Waals surface area (Å²) in [4.78, 5) is 0. The van der Waals surface area contributed by atoms with Gasteiger partial charge < -0.3 is 10.2 Å². The van der Waals surface area contributed by atoms with Crippen LogP contribution in [0.4, 0.5) is 0 Å². The Morgan fingerprint density at radius 3 is 2.67 bits per heavy atom. The lowest BCUT2D eigenvalue weighted by Crippen LogP contribution is -2.21. The number of aliphatic hydroxyl groups is 2. The van der Waals surface area contributed by atoms with Crippen LogP contribution >= 0.6 is 0 Å². The molecule has 0 bridgehead atoms. The van der Waals surface area contributed by atoms with Crippen molar-refractivity contribution >= 4 is 0 Å². The summed E-state index contributed by atoms with van der Waals surface area (Å²) in [5, 5.41) is 18.5. The zero-order valence-corrected chi connectivity index (χ0v) is 7.87. The van der Waals surface area contributed by atoms with Gasteiger partial charge in [0.2, 0.25) is 0 Å². The van der Waals surface area contributed by atoms with Crippen LogP contribution < -0.4 is 0 Å². The van der Waals surface area contributed by atoms with Gasteiger partial charge in [-0.3, -0.25) is 0 Å². The summed E-state index contributed by atoms with van der Waals surface area (Å²) in [7, 11) is 0. The van der Waals surface area contributed by atoms with Crippen LogP contribution in [0.3, 0.4) is 0 Å². The molecule has 0 spiro atoms. The third-order valence-electron chi connectivity index (χ3n) is 2.83. The summed E-state index contributed by atoms with van der Waals surface area (Å²) in [5.74, 6) is 1.05. The van der Waals surface area contributed by atoms with Gasteiger partial charge in [0.25, 0.3) is 0 Å². The molecule has 1 fully saturated rings. The van der Waals surface area contributed by atoms with E-state index in [0.29, 0.717) is 5.92 Å². The highest BCUT2D eigenvalue weighted by molar-refractivity contribution is 4.71. The molecule has 2 N–H and O–H groups in total. The van der Waals surface area contributed by atoms with E-state index in [2.05, 4.69) is 6.92 Å². The van der Waals surface area contributed by atoms with Gasteiger partial charge in [0.05, 0.1) is 6.10 Å². The van der Waals surface area contributed by atoms with Gasteiger partial charge in [-0.1, -0.05) is 19.8 Å². The highest BCUT2D eigenvalue weighted by atomic mass is 16.3. The first kappa shape index (κ1) is 10.0. The summed E-state index contributed by atoms with van der Waals surface area (Å²) < 4.78 is 0. The van der Waals surface area contributed by atoms with Crippen LogP contribution in [0.5, 0.6) is 0 Å². The van der Waals surface area contributed by atoms with Crippen molar-refractivity contribution in [2.45, 2.75) is 45.1 Å². The van der Waals surface area contributed by atoms with Crippen molar-refractivity contribution in [1.82, 2.24) is 0 Å². The van der Waals surface area contributed by atoms with Gasteiger partial charge in [0, 0.05) is 6.61 Å². The first-order valence-electron chi connectivity index (χ1n) is 5.01. The monoisotopic (exact) mass is 172 g/mol. The average Bonchev–Trinajstić information content (AvgIpc) is 2.00. The zero-order valence-electron chi connectivity index (χ0n) is 7.87. The molecule has 1 rings (SSSR count). The lowest BCUT2D eigenvalue weighted by molar-refractivity contribution is 0.0842. The van der Waals surface area contributed by atoms with Gasteiger partial charge in [0.1, 0.15) is 0 Å². The van der Waals surface area contributed by atoms with E-state index >= 15 is 0 Å². The van der Waals surface area contributed by atoms with E-state index in [1.807, 2.05) is 0 Å². The van der Waals surface area contributed by atoms with Gasteiger partial charge in [-0.05, 0) is 31.1 Å². The molecule has 0 aromatic carbocycles. The number of hydrogen-bond acceptors (Lipinski definition) is 2. The Labute approximate surface area is 74.6 Å². The maximum atomic E-state index is 9.49. The van der Waals surface area contributed by atoms with E-state index in [9.17, 15) is 5.11 Å². The van der Waals surface area contributed by atoms with Crippen molar-refractivity contribution in [2.24, 2.45) is 11.8 Å². The molecule has 12 heavy (non-hydrogen) atoms. The Bertz CT molecular complexity index is 113. The third-order valence-corrected chi connectivity index (χ3v) is 2.83. The fourth-order valence-corrected chi connectivity index (χ4v) is 2.14. The minimum atomic E-state index is -0.172. The van der Waals surface area contributed by atoms with Crippen molar-refractivity contribution in [1.29, 1.82) is 0 Å². The smallest absolute Gasteiger partial charge is 0.0543 e. The second-order valence-electron chi connectivity index (χ2n) is 4.21. The quantitative estimate of drug-likeness (QED) is 0.630. The molecule has 0 aromatic heterocycles. The molecule has 72 valence electrons. The number of rotatable bonds is 1. The molecule has 3 unspecified atom stereocenters. The Hall–Kier alpha value is -0.0800. The number of aliphatic hydroxyl groups excluding tert-OH is 2. The van der Waals surface area contributed by atoms with Crippen LogP contribution in [0.15, 0.2) is 0 Å². The maximum absolute atomic E-state index is 9.49. The summed E-state index contributed by atoms with van der Waals surface area (Å²) in [5.41, 5.74) is 0. The van der Waals surface area contributed by atoms with Crippen LogP contribution in [0, 0.1) is 11.8 Å². The minimum Gasteiger partial charge on any atom is -0.396 e. The fourth-order valence-electron chi connectivity index (χ4n) is 2.14. The molecule has 1 aliphatic rings. The van der Waals surface area contributed by atoms with Gasteiger partial charge in [-0.15, -0.1) is 0 Å². The fraction of sp³-hybridized carbons (Fsp3) is 1.00. The summed E-state index contributed by atoms with van der Waals surface area (Å²) >= 11 is 0. The Balaban J connectivity index is 2.39. The van der Waals surface area contributed by atoms with Gasteiger partial charge in [-0.2, -0.15) is 0 Å². The van der Waals surface area contributed by atoms with Crippen LogP contribution in [0.25, 0.3) is 0 Å². The molecule has 0 radical (unpaired) electrons. The van der Waals surface area contributed by atoms with Crippen LogP contribution in [-0.4, -0.2) is 22.9 Å². The molecule has 3 atom stereocenters. The van der Waals surface area contributed by atoms with Crippen molar-refractivity contribution in [3.05, 3.63) is 0 Å². The van der Waals surface area contributed by atoms with Crippen molar-refractivity contribution in [2.75, 3.05) is 6.61 Å². The van der Waals surface area contributed by atoms with E-state index in [-0.39, 0.29) is 12.7 Å². The van der Waals surface area contributed by atoms with Crippen molar-refractivity contribution in [3.63, 3.8) is 0 Å². The molecule has 0 aliphatic heterocycles. The molecule has 2 nitrogen and oxygen atoms in total. The largest absolute Gasteiger partial charge is 0.396 e. The Morgan fingerprint density at radius 2 is 2.00 bits per heavy atom. The second-order valence-corrected chi connectivity index (χ2v) is 4.21. The predicted molar refractivity (Wildman–Crippen MR) is 48.8 cm³/mol. The molecule has 0 aromatic rings. The van der Waals surface area contributed by atoms with Crippen LogP contribution in [0.1, 0.15) is 39.0 Å². The number of hydrogen-bond donors (Lipinski definition) is 2. The lowest BCUT2D eigenvalue weighted by Gasteiger charge is -2.25. The predicted octanol–water partition coefficient (Wildman–Crippen LogP) is 1.56. The molecule has 2 heteroatoms. The summed E-state index contributed by atoms with van der Waals surface area (Å²) in [6, 6.07) is 0. The molecule has 0 heterocycles. The molecule has 1 saturated carbocycles. The van der Waals surface area contributed by atoms with Gasteiger partial charge in [0.15, 0.2) is 0 Å². The normalized spacial score (nSPS) is 38.8. The minimum absolute atomic E-state index is 0.172. The molecule has 0 amide bonds. The van der Waals surface area contributed by atoms with E-state index in [4.69, 9.17) is 5.11 Å². The molecule has 1 aliphatic carbocycles. The summed E-state index contributed by atoms with van der Waals surface area (Å²) in [6.45, 7) is 2.47. The topological polar surface area (TPSA) is 40.5 Å². The highest BCUT2D eigenvalue weighted by Gasteiger charge is 2.19. The van der Waals surface area contributed by atoms with Gasteiger partial charge >= 0.3 is 0 Å². The molecular weight excluding hydrogens is 152 g/mol. The average molecular weight is 172 g/mol. The van der Waals surface area contributed by atoms with E-state index in [1.165, 1.54) is 6.42 Å².